The van der Waals surface area contributed by atoms with Crippen molar-refractivity contribution in [3.05, 3.63) is 21.5 Å². The number of hydrogen-bond donors (Lipinski definition) is 1. The van der Waals surface area contributed by atoms with Crippen LogP contribution < -0.4 is 5.32 Å². The van der Waals surface area contributed by atoms with E-state index < -0.39 is 0 Å². The molecule has 0 saturated carbocycles. The molecular formula is C17H21N3O3S3. The first-order valence-corrected chi connectivity index (χ1v) is 11.1. The fourth-order valence-corrected chi connectivity index (χ4v) is 5.92. The Labute approximate surface area is 164 Å². The van der Waals surface area contributed by atoms with Crippen molar-refractivity contribution in [3.63, 3.8) is 0 Å². The van der Waals surface area contributed by atoms with Crippen LogP contribution in [0.1, 0.15) is 48.0 Å². The fourth-order valence-electron chi connectivity index (χ4n) is 2.89. The molecule has 2 atom stereocenters. The highest BCUT2D eigenvalue weighted by Gasteiger charge is 2.30. The lowest BCUT2D eigenvalue weighted by atomic mass is 9.88. The monoisotopic (exact) mass is 411 g/mol. The number of thioether (sulfide) groups is 1. The number of fused-ring (bicyclic) bond motifs is 1. The van der Waals surface area contributed by atoms with Gasteiger partial charge in [-0.15, -0.1) is 21.5 Å². The van der Waals surface area contributed by atoms with E-state index in [9.17, 15) is 9.59 Å². The number of aromatic nitrogens is 2. The highest BCUT2D eigenvalue weighted by Crippen LogP contribution is 2.40. The summed E-state index contributed by atoms with van der Waals surface area (Å²) in [6.07, 6.45) is 2.84. The van der Waals surface area contributed by atoms with Gasteiger partial charge in [-0.25, -0.2) is 4.79 Å². The number of anilines is 1. The first-order chi connectivity index (χ1) is 12.5. The van der Waals surface area contributed by atoms with Gasteiger partial charge in [0, 0.05) is 4.88 Å². The summed E-state index contributed by atoms with van der Waals surface area (Å²) in [5.74, 6) is 0.0910. The smallest absolute Gasteiger partial charge is 0.341 e. The van der Waals surface area contributed by atoms with Crippen LogP contribution in [0, 0.1) is 5.92 Å². The molecule has 3 rings (SSSR count). The number of nitrogens with one attached hydrogen (secondary N) is 1. The Morgan fingerprint density at radius 1 is 1.50 bits per heavy atom. The van der Waals surface area contributed by atoms with E-state index in [2.05, 4.69) is 22.4 Å². The minimum absolute atomic E-state index is 0.151. The minimum Gasteiger partial charge on any atom is -0.462 e. The Hall–Kier alpha value is -1.45. The third-order valence-electron chi connectivity index (χ3n) is 4.21. The Balaban J connectivity index is 1.81. The summed E-state index contributed by atoms with van der Waals surface area (Å²) in [6, 6.07) is 0. The van der Waals surface area contributed by atoms with E-state index in [1.165, 1.54) is 39.3 Å². The van der Waals surface area contributed by atoms with Crippen molar-refractivity contribution in [3.8, 4) is 0 Å². The molecule has 0 spiro atoms. The van der Waals surface area contributed by atoms with E-state index in [1.54, 1.807) is 12.4 Å². The maximum Gasteiger partial charge on any atom is 0.341 e. The molecule has 9 heteroatoms. The van der Waals surface area contributed by atoms with Gasteiger partial charge in [-0.3, -0.25) is 4.79 Å². The molecule has 0 unspecified atom stereocenters. The number of carbonyl (C=O) groups excluding carboxylic acids is 2. The molecule has 1 aliphatic carbocycles. The Morgan fingerprint density at radius 3 is 3.00 bits per heavy atom. The van der Waals surface area contributed by atoms with Crippen LogP contribution in [0.3, 0.4) is 0 Å². The van der Waals surface area contributed by atoms with Crippen LogP contribution in [-0.2, 0) is 22.4 Å². The van der Waals surface area contributed by atoms with Crippen molar-refractivity contribution in [1.82, 2.24) is 10.2 Å². The lowest BCUT2D eigenvalue weighted by molar-refractivity contribution is -0.115. The second-order valence-corrected chi connectivity index (χ2v) is 9.76. The maximum absolute atomic E-state index is 12.6. The van der Waals surface area contributed by atoms with E-state index in [4.69, 9.17) is 4.74 Å². The summed E-state index contributed by atoms with van der Waals surface area (Å²) < 4.78 is 5.99. The summed E-state index contributed by atoms with van der Waals surface area (Å²) in [5.41, 5.74) is 3.23. The SMILES string of the molecule is CCOC(=O)c1c(NC(=O)[C@@H](C)Sc2nncs2)sc2c1CC[C@@H](C)C2. The van der Waals surface area contributed by atoms with Gasteiger partial charge in [0.2, 0.25) is 5.91 Å². The molecule has 0 bridgehead atoms. The summed E-state index contributed by atoms with van der Waals surface area (Å²) in [5, 5.41) is 11.0. The van der Waals surface area contributed by atoms with Gasteiger partial charge in [0.05, 0.1) is 17.4 Å². The van der Waals surface area contributed by atoms with Gasteiger partial charge in [0.15, 0.2) is 4.34 Å². The van der Waals surface area contributed by atoms with Crippen molar-refractivity contribution < 1.29 is 14.3 Å². The first-order valence-electron chi connectivity index (χ1n) is 8.54. The molecule has 1 amide bonds. The molecule has 0 fully saturated rings. The maximum atomic E-state index is 12.6. The Bertz CT molecular complexity index is 789. The molecule has 2 aromatic heterocycles. The number of ether oxygens (including phenoxy) is 1. The van der Waals surface area contributed by atoms with Crippen molar-refractivity contribution >= 4 is 51.3 Å². The van der Waals surface area contributed by atoms with Crippen LogP contribution in [0.25, 0.3) is 0 Å². The molecule has 2 aromatic rings. The standard InChI is InChI=1S/C17H21N3O3S3/c1-4-23-16(22)13-11-6-5-9(2)7-12(11)26-15(13)19-14(21)10(3)25-17-20-18-8-24-17/h8-10H,4-7H2,1-3H3,(H,19,21)/t9-,10-/m1/s1. The molecule has 1 aliphatic rings. The van der Waals surface area contributed by atoms with E-state index in [0.29, 0.717) is 23.1 Å². The quantitative estimate of drug-likeness (QED) is 0.571. The second-order valence-electron chi connectivity index (χ2n) is 6.23. The zero-order valence-corrected chi connectivity index (χ0v) is 17.4. The number of esters is 1. The van der Waals surface area contributed by atoms with Gasteiger partial charge in [-0.2, -0.15) is 0 Å². The Morgan fingerprint density at radius 2 is 2.31 bits per heavy atom. The van der Waals surface area contributed by atoms with Gasteiger partial charge in [-0.05, 0) is 44.6 Å². The molecule has 140 valence electrons. The van der Waals surface area contributed by atoms with Gasteiger partial charge in [0.25, 0.3) is 0 Å². The highest BCUT2D eigenvalue weighted by atomic mass is 32.2. The van der Waals surface area contributed by atoms with E-state index in [-0.39, 0.29) is 17.1 Å². The zero-order chi connectivity index (χ0) is 18.7. The van der Waals surface area contributed by atoms with E-state index in [0.717, 1.165) is 29.2 Å². The molecule has 1 N–H and O–H groups in total. The topological polar surface area (TPSA) is 81.2 Å². The molecule has 2 heterocycles. The van der Waals surface area contributed by atoms with Gasteiger partial charge in [-0.1, -0.05) is 30.0 Å². The predicted octanol–water partition coefficient (Wildman–Crippen LogP) is 4.02. The van der Waals surface area contributed by atoms with Crippen molar-refractivity contribution in [1.29, 1.82) is 0 Å². The average molecular weight is 412 g/mol. The van der Waals surface area contributed by atoms with E-state index in [1.807, 2.05) is 6.92 Å². The Kier molecular flexibility index (Phi) is 6.31. The predicted molar refractivity (Wildman–Crippen MR) is 105 cm³/mol. The third kappa shape index (κ3) is 4.27. The van der Waals surface area contributed by atoms with E-state index >= 15 is 0 Å². The third-order valence-corrected chi connectivity index (χ3v) is 7.30. The molecule has 0 aromatic carbocycles. The summed E-state index contributed by atoms with van der Waals surface area (Å²) in [6.45, 7) is 6.14. The van der Waals surface area contributed by atoms with Gasteiger partial charge in [0.1, 0.15) is 10.5 Å². The number of rotatable bonds is 6. The van der Waals surface area contributed by atoms with Crippen LogP contribution in [-0.4, -0.2) is 33.9 Å². The number of carbonyl (C=O) groups is 2. The molecule has 0 aliphatic heterocycles. The highest BCUT2D eigenvalue weighted by molar-refractivity contribution is 8.02. The lowest BCUT2D eigenvalue weighted by Crippen LogP contribution is -2.23. The molecule has 26 heavy (non-hydrogen) atoms. The number of amides is 1. The van der Waals surface area contributed by atoms with Crippen LogP contribution in [0.2, 0.25) is 0 Å². The number of nitrogens with zero attached hydrogens (tertiary/aromatic N) is 2. The van der Waals surface area contributed by atoms with Crippen molar-refractivity contribution in [2.45, 2.75) is 49.6 Å². The molecule has 0 saturated heterocycles. The van der Waals surface area contributed by atoms with Crippen molar-refractivity contribution in [2.75, 3.05) is 11.9 Å². The van der Waals surface area contributed by atoms with Gasteiger partial charge < -0.3 is 10.1 Å². The zero-order valence-electron chi connectivity index (χ0n) is 14.9. The number of hydrogen-bond acceptors (Lipinski definition) is 8. The van der Waals surface area contributed by atoms with Crippen LogP contribution in [0.15, 0.2) is 9.85 Å². The molecule has 6 nitrogen and oxygen atoms in total. The van der Waals surface area contributed by atoms with Crippen LogP contribution >= 0.6 is 34.4 Å². The fraction of sp³-hybridized carbons (Fsp3) is 0.529. The molecule has 0 radical (unpaired) electrons. The van der Waals surface area contributed by atoms with Crippen LogP contribution in [0.5, 0.6) is 0 Å². The van der Waals surface area contributed by atoms with Crippen molar-refractivity contribution in [2.24, 2.45) is 5.92 Å². The number of thiophene rings is 1. The summed E-state index contributed by atoms with van der Waals surface area (Å²) in [4.78, 5) is 26.3. The van der Waals surface area contributed by atoms with Gasteiger partial charge >= 0.3 is 5.97 Å². The second kappa shape index (κ2) is 8.49. The normalized spacial score (nSPS) is 17.4. The minimum atomic E-state index is -0.348. The lowest BCUT2D eigenvalue weighted by Gasteiger charge is -2.18. The largest absolute Gasteiger partial charge is 0.462 e. The average Bonchev–Trinajstić information content (AvgIpc) is 3.21. The summed E-state index contributed by atoms with van der Waals surface area (Å²) >= 11 is 4.27. The summed E-state index contributed by atoms with van der Waals surface area (Å²) in [7, 11) is 0. The molecular weight excluding hydrogens is 390 g/mol. The van der Waals surface area contributed by atoms with Crippen LogP contribution in [0.4, 0.5) is 5.00 Å². The first kappa shape index (κ1) is 19.3.